The SMILES string of the molecule is Cc1cccc(C)c1Nc1ccc(NS(C)(=O)=O)nn1. The molecule has 7 heteroatoms. The largest absolute Gasteiger partial charge is 0.338 e. The first-order chi connectivity index (χ1) is 9.35. The van der Waals surface area contributed by atoms with Gasteiger partial charge < -0.3 is 5.32 Å². The van der Waals surface area contributed by atoms with E-state index in [0.717, 1.165) is 23.1 Å². The summed E-state index contributed by atoms with van der Waals surface area (Å²) in [4.78, 5) is 0. The smallest absolute Gasteiger partial charge is 0.231 e. The van der Waals surface area contributed by atoms with Crippen molar-refractivity contribution in [3.63, 3.8) is 0 Å². The van der Waals surface area contributed by atoms with Crippen LogP contribution in [0.1, 0.15) is 11.1 Å². The number of hydrogen-bond donors (Lipinski definition) is 2. The van der Waals surface area contributed by atoms with Gasteiger partial charge >= 0.3 is 0 Å². The van der Waals surface area contributed by atoms with E-state index in [1.54, 1.807) is 12.1 Å². The zero-order valence-corrected chi connectivity index (χ0v) is 12.3. The molecule has 2 rings (SSSR count). The fraction of sp³-hybridized carbons (Fsp3) is 0.231. The van der Waals surface area contributed by atoms with Crippen molar-refractivity contribution in [1.82, 2.24) is 10.2 Å². The standard InChI is InChI=1S/C13H16N4O2S/c1-9-5-4-6-10(2)13(9)14-11-7-8-12(16-15-11)17-20(3,18)19/h4-8H,1-3H3,(H,14,15)(H,16,17). The van der Waals surface area contributed by atoms with Gasteiger partial charge in [0.15, 0.2) is 11.6 Å². The first kappa shape index (κ1) is 14.3. The molecule has 1 heterocycles. The normalized spacial score (nSPS) is 11.2. The number of aromatic nitrogens is 2. The molecule has 0 unspecified atom stereocenters. The summed E-state index contributed by atoms with van der Waals surface area (Å²) in [6.07, 6.45) is 1.07. The molecule has 0 fully saturated rings. The molecule has 0 aliphatic carbocycles. The highest BCUT2D eigenvalue weighted by Gasteiger charge is 2.06. The summed E-state index contributed by atoms with van der Waals surface area (Å²) < 4.78 is 24.4. The molecule has 1 aromatic heterocycles. The fourth-order valence-corrected chi connectivity index (χ4v) is 2.27. The molecule has 0 atom stereocenters. The van der Waals surface area contributed by atoms with Crippen LogP contribution < -0.4 is 10.0 Å². The Kier molecular flexibility index (Phi) is 3.89. The van der Waals surface area contributed by atoms with Crippen molar-refractivity contribution in [3.8, 4) is 0 Å². The van der Waals surface area contributed by atoms with Crippen LogP contribution >= 0.6 is 0 Å². The van der Waals surface area contributed by atoms with Crippen molar-refractivity contribution in [2.45, 2.75) is 13.8 Å². The van der Waals surface area contributed by atoms with Gasteiger partial charge in [-0.05, 0) is 37.1 Å². The third-order valence-corrected chi connectivity index (χ3v) is 3.27. The third kappa shape index (κ3) is 3.67. The molecule has 1 aromatic carbocycles. The van der Waals surface area contributed by atoms with E-state index in [4.69, 9.17) is 0 Å². The Labute approximate surface area is 118 Å². The van der Waals surface area contributed by atoms with E-state index in [1.165, 1.54) is 0 Å². The van der Waals surface area contributed by atoms with Gasteiger partial charge in [0.2, 0.25) is 10.0 Å². The molecule has 0 aliphatic rings. The molecule has 2 aromatic rings. The quantitative estimate of drug-likeness (QED) is 0.902. The molecule has 0 radical (unpaired) electrons. The number of anilines is 3. The van der Waals surface area contributed by atoms with E-state index in [0.29, 0.717) is 5.82 Å². The van der Waals surface area contributed by atoms with Crippen molar-refractivity contribution in [3.05, 3.63) is 41.5 Å². The summed E-state index contributed by atoms with van der Waals surface area (Å²) in [6, 6.07) is 9.22. The van der Waals surface area contributed by atoms with E-state index in [1.807, 2.05) is 32.0 Å². The minimum atomic E-state index is -3.34. The van der Waals surface area contributed by atoms with Gasteiger partial charge in [-0.1, -0.05) is 18.2 Å². The molecule has 0 spiro atoms. The summed E-state index contributed by atoms with van der Waals surface area (Å²) in [5, 5.41) is 10.9. The lowest BCUT2D eigenvalue weighted by Gasteiger charge is -2.11. The van der Waals surface area contributed by atoms with E-state index in [-0.39, 0.29) is 5.82 Å². The van der Waals surface area contributed by atoms with Crippen molar-refractivity contribution in [1.29, 1.82) is 0 Å². The highest BCUT2D eigenvalue weighted by atomic mass is 32.2. The second-order valence-corrected chi connectivity index (χ2v) is 6.32. The number of sulfonamides is 1. The minimum absolute atomic E-state index is 0.194. The van der Waals surface area contributed by atoms with Gasteiger partial charge in [-0.15, -0.1) is 10.2 Å². The van der Waals surface area contributed by atoms with E-state index in [2.05, 4.69) is 20.2 Å². The molecule has 2 N–H and O–H groups in total. The highest BCUT2D eigenvalue weighted by molar-refractivity contribution is 7.92. The second-order valence-electron chi connectivity index (χ2n) is 4.57. The van der Waals surface area contributed by atoms with Crippen molar-refractivity contribution >= 4 is 27.3 Å². The third-order valence-electron chi connectivity index (χ3n) is 2.69. The number of nitrogens with zero attached hydrogens (tertiary/aromatic N) is 2. The Morgan fingerprint density at radius 2 is 1.50 bits per heavy atom. The van der Waals surface area contributed by atoms with Crippen molar-refractivity contribution < 1.29 is 8.42 Å². The number of nitrogens with one attached hydrogen (secondary N) is 2. The maximum Gasteiger partial charge on any atom is 0.231 e. The second kappa shape index (κ2) is 5.46. The summed E-state index contributed by atoms with van der Waals surface area (Å²) in [5.74, 6) is 0.751. The van der Waals surface area contributed by atoms with Gasteiger partial charge in [-0.25, -0.2) is 8.42 Å². The number of aryl methyl sites for hydroxylation is 2. The maximum atomic E-state index is 11.1. The fourth-order valence-electron chi connectivity index (χ4n) is 1.78. The van der Waals surface area contributed by atoms with Crippen LogP contribution in [0.25, 0.3) is 0 Å². The van der Waals surface area contributed by atoms with Crippen LogP contribution in [0.2, 0.25) is 0 Å². The van der Waals surface area contributed by atoms with Crippen LogP contribution in [0.5, 0.6) is 0 Å². The van der Waals surface area contributed by atoms with Crippen LogP contribution in [0.15, 0.2) is 30.3 Å². The number of para-hydroxylation sites is 1. The molecule has 0 amide bonds. The molecule has 0 aliphatic heterocycles. The van der Waals surface area contributed by atoms with Gasteiger partial charge in [0.25, 0.3) is 0 Å². The molecular formula is C13H16N4O2S. The van der Waals surface area contributed by atoms with Crippen LogP contribution in [0.4, 0.5) is 17.3 Å². The number of hydrogen-bond acceptors (Lipinski definition) is 5. The highest BCUT2D eigenvalue weighted by Crippen LogP contribution is 2.23. The molecule has 20 heavy (non-hydrogen) atoms. The van der Waals surface area contributed by atoms with E-state index < -0.39 is 10.0 Å². The van der Waals surface area contributed by atoms with Gasteiger partial charge in [0.05, 0.1) is 6.26 Å². The summed E-state index contributed by atoms with van der Waals surface area (Å²) in [5.41, 5.74) is 3.18. The lowest BCUT2D eigenvalue weighted by Crippen LogP contribution is -2.11. The van der Waals surface area contributed by atoms with Gasteiger partial charge in [-0.2, -0.15) is 0 Å². The van der Waals surface area contributed by atoms with Gasteiger partial charge in [-0.3, -0.25) is 4.72 Å². The lowest BCUT2D eigenvalue weighted by atomic mass is 10.1. The van der Waals surface area contributed by atoms with Crippen LogP contribution in [-0.4, -0.2) is 24.9 Å². The van der Waals surface area contributed by atoms with Crippen LogP contribution in [0, 0.1) is 13.8 Å². The topological polar surface area (TPSA) is 84.0 Å². The Balaban J connectivity index is 2.19. The predicted molar refractivity (Wildman–Crippen MR) is 79.7 cm³/mol. The average Bonchev–Trinajstić information content (AvgIpc) is 2.34. The Morgan fingerprint density at radius 3 is 2.00 bits per heavy atom. The molecular weight excluding hydrogens is 276 g/mol. The molecule has 0 bridgehead atoms. The van der Waals surface area contributed by atoms with Crippen molar-refractivity contribution in [2.24, 2.45) is 0 Å². The molecule has 0 saturated carbocycles. The molecule has 6 nitrogen and oxygen atoms in total. The van der Waals surface area contributed by atoms with Gasteiger partial charge in [0.1, 0.15) is 0 Å². The Hall–Kier alpha value is -2.15. The summed E-state index contributed by atoms with van der Waals surface area (Å²) in [7, 11) is -3.34. The average molecular weight is 292 g/mol. The predicted octanol–water partition coefficient (Wildman–Crippen LogP) is 2.21. The maximum absolute atomic E-state index is 11.1. The number of rotatable bonds is 4. The summed E-state index contributed by atoms with van der Waals surface area (Å²) in [6.45, 7) is 4.00. The van der Waals surface area contributed by atoms with Crippen LogP contribution in [-0.2, 0) is 10.0 Å². The minimum Gasteiger partial charge on any atom is -0.338 e. The van der Waals surface area contributed by atoms with E-state index in [9.17, 15) is 8.42 Å². The zero-order valence-electron chi connectivity index (χ0n) is 11.5. The van der Waals surface area contributed by atoms with Crippen LogP contribution in [0.3, 0.4) is 0 Å². The monoisotopic (exact) mass is 292 g/mol. The Morgan fingerprint density at radius 1 is 0.950 bits per heavy atom. The van der Waals surface area contributed by atoms with Crippen molar-refractivity contribution in [2.75, 3.05) is 16.3 Å². The first-order valence-corrected chi connectivity index (χ1v) is 7.89. The number of benzene rings is 1. The first-order valence-electron chi connectivity index (χ1n) is 6.00. The van der Waals surface area contributed by atoms with Gasteiger partial charge in [0, 0.05) is 5.69 Å². The molecule has 0 saturated heterocycles. The zero-order chi connectivity index (χ0) is 14.8. The molecule has 106 valence electrons. The summed E-state index contributed by atoms with van der Waals surface area (Å²) >= 11 is 0. The Bertz CT molecular complexity index is 691. The van der Waals surface area contributed by atoms with E-state index >= 15 is 0 Å². The lowest BCUT2D eigenvalue weighted by molar-refractivity contribution is 0.606.